The van der Waals surface area contributed by atoms with Gasteiger partial charge in [-0.05, 0) is 36.3 Å². The van der Waals surface area contributed by atoms with Gasteiger partial charge in [-0.3, -0.25) is 9.36 Å². The van der Waals surface area contributed by atoms with E-state index in [1.165, 1.54) is 11.3 Å². The summed E-state index contributed by atoms with van der Waals surface area (Å²) in [5, 5.41) is 0. The Morgan fingerprint density at radius 2 is 1.69 bits per heavy atom. The minimum absolute atomic E-state index is 0.195. The van der Waals surface area contributed by atoms with Crippen molar-refractivity contribution in [2.75, 3.05) is 6.61 Å². The first kappa shape index (κ1) is 23.2. The van der Waals surface area contributed by atoms with Gasteiger partial charge < -0.3 is 4.74 Å². The zero-order chi connectivity index (χ0) is 24.4. The summed E-state index contributed by atoms with van der Waals surface area (Å²) >= 11 is 4.76. The molecule has 7 heteroatoms. The lowest BCUT2D eigenvalue weighted by Crippen LogP contribution is -2.39. The highest BCUT2D eigenvalue weighted by atomic mass is 79.9. The van der Waals surface area contributed by atoms with Crippen LogP contribution in [0, 0.1) is 0 Å². The zero-order valence-electron chi connectivity index (χ0n) is 18.9. The van der Waals surface area contributed by atoms with Crippen LogP contribution in [-0.4, -0.2) is 17.1 Å². The molecule has 2 heterocycles. The van der Waals surface area contributed by atoms with Crippen molar-refractivity contribution >= 4 is 45.0 Å². The largest absolute Gasteiger partial charge is 0.463 e. The van der Waals surface area contributed by atoms with Gasteiger partial charge in [-0.15, -0.1) is 0 Å². The fourth-order valence-corrected chi connectivity index (χ4v) is 5.37. The van der Waals surface area contributed by atoms with Gasteiger partial charge in [0.05, 0.1) is 28.5 Å². The Balaban J connectivity index is 1.82. The van der Waals surface area contributed by atoms with Crippen LogP contribution in [-0.2, 0) is 9.53 Å². The van der Waals surface area contributed by atoms with E-state index < -0.39 is 12.0 Å². The van der Waals surface area contributed by atoms with Crippen LogP contribution >= 0.6 is 27.3 Å². The molecule has 0 bridgehead atoms. The Hall–Kier alpha value is -3.55. The number of thiazole rings is 1. The maximum absolute atomic E-state index is 13.7. The number of aromatic nitrogens is 1. The van der Waals surface area contributed by atoms with Crippen LogP contribution in [0.15, 0.2) is 105 Å². The summed E-state index contributed by atoms with van der Waals surface area (Å²) in [4.78, 5) is 32.5. The van der Waals surface area contributed by atoms with E-state index in [0.29, 0.717) is 20.6 Å². The van der Waals surface area contributed by atoms with Gasteiger partial charge in [0, 0.05) is 10.0 Å². The molecule has 1 aliphatic heterocycles. The number of esters is 1. The summed E-state index contributed by atoms with van der Waals surface area (Å²) in [5.41, 5.74) is 3.19. The van der Waals surface area contributed by atoms with E-state index in [-0.39, 0.29) is 12.2 Å². The number of rotatable bonds is 5. The maximum atomic E-state index is 13.7. The molecule has 4 aromatic rings. The van der Waals surface area contributed by atoms with Crippen LogP contribution in [0.4, 0.5) is 0 Å². The molecule has 0 unspecified atom stereocenters. The minimum Gasteiger partial charge on any atom is -0.463 e. The topological polar surface area (TPSA) is 60.7 Å². The van der Waals surface area contributed by atoms with Crippen molar-refractivity contribution in [2.45, 2.75) is 13.0 Å². The number of ether oxygens (including phenoxy) is 1. The van der Waals surface area contributed by atoms with E-state index in [0.717, 1.165) is 21.2 Å². The average Bonchev–Trinajstić information content (AvgIpc) is 3.20. The molecule has 174 valence electrons. The number of halogens is 1. The van der Waals surface area contributed by atoms with Crippen LogP contribution < -0.4 is 14.9 Å². The predicted molar refractivity (Wildman–Crippen MR) is 142 cm³/mol. The molecule has 5 nitrogen and oxygen atoms in total. The van der Waals surface area contributed by atoms with Crippen molar-refractivity contribution in [1.29, 1.82) is 0 Å². The molecule has 0 saturated heterocycles. The number of hydrogen-bond donors (Lipinski definition) is 0. The number of carbonyl (C=O) groups excluding carboxylic acids is 1. The molecule has 0 amide bonds. The Labute approximate surface area is 214 Å². The predicted octanol–water partition coefficient (Wildman–Crippen LogP) is 4.70. The highest BCUT2D eigenvalue weighted by Crippen LogP contribution is 2.35. The molecule has 0 N–H and O–H groups in total. The number of carbonyl (C=O) groups is 1. The van der Waals surface area contributed by atoms with Crippen molar-refractivity contribution in [2.24, 2.45) is 4.99 Å². The number of nitrogens with zero attached hydrogens (tertiary/aromatic N) is 2. The molecule has 1 aliphatic rings. The molecule has 1 atom stereocenters. The summed E-state index contributed by atoms with van der Waals surface area (Å²) in [5.74, 6) is -0.480. The standard InChI is InChI=1S/C28H21BrN2O3S/c1-2-34-27(33)23-24(19-9-5-3-6-10-19)30-28-31(25(23)20-11-7-4-8-12-20)26(32)22(35-28)17-18-13-15-21(29)16-14-18/h3-17,25H,2H2,1H3/b22-17-/t25-/m0/s1. The minimum atomic E-state index is -0.659. The smallest absolute Gasteiger partial charge is 0.338 e. The second kappa shape index (κ2) is 9.98. The zero-order valence-corrected chi connectivity index (χ0v) is 21.3. The molecule has 3 aromatic carbocycles. The summed E-state index contributed by atoms with van der Waals surface area (Å²) in [6.07, 6.45) is 1.86. The Morgan fingerprint density at radius 3 is 2.34 bits per heavy atom. The third-order valence-corrected chi connectivity index (χ3v) is 7.17. The van der Waals surface area contributed by atoms with Gasteiger partial charge >= 0.3 is 5.97 Å². The van der Waals surface area contributed by atoms with Gasteiger partial charge in [0.2, 0.25) is 0 Å². The van der Waals surface area contributed by atoms with Crippen molar-refractivity contribution in [3.63, 3.8) is 0 Å². The first-order valence-corrected chi connectivity index (χ1v) is 12.8. The van der Waals surface area contributed by atoms with Gasteiger partial charge in [-0.1, -0.05) is 100 Å². The summed E-state index contributed by atoms with van der Waals surface area (Å²) in [6, 6.07) is 26.2. The highest BCUT2D eigenvalue weighted by Gasteiger charge is 2.35. The lowest BCUT2D eigenvalue weighted by atomic mass is 9.93. The van der Waals surface area contributed by atoms with Crippen LogP contribution in [0.1, 0.15) is 29.7 Å². The molecular formula is C28H21BrN2O3S. The van der Waals surface area contributed by atoms with E-state index in [4.69, 9.17) is 9.73 Å². The van der Waals surface area contributed by atoms with Crippen molar-refractivity contribution in [1.82, 2.24) is 4.57 Å². The molecule has 35 heavy (non-hydrogen) atoms. The highest BCUT2D eigenvalue weighted by molar-refractivity contribution is 9.10. The summed E-state index contributed by atoms with van der Waals surface area (Å²) < 4.78 is 8.60. The van der Waals surface area contributed by atoms with Crippen molar-refractivity contribution in [3.8, 4) is 0 Å². The maximum Gasteiger partial charge on any atom is 0.338 e. The fraction of sp³-hybridized carbons (Fsp3) is 0.107. The fourth-order valence-electron chi connectivity index (χ4n) is 4.10. The van der Waals surface area contributed by atoms with E-state index in [2.05, 4.69) is 15.9 Å². The number of benzene rings is 3. The molecular weight excluding hydrogens is 524 g/mol. The lowest BCUT2D eigenvalue weighted by Gasteiger charge is -2.25. The third-order valence-electron chi connectivity index (χ3n) is 5.66. The van der Waals surface area contributed by atoms with Crippen LogP contribution in [0.3, 0.4) is 0 Å². The monoisotopic (exact) mass is 544 g/mol. The SMILES string of the molecule is CCOC(=O)C1=C(c2ccccc2)N=c2s/c(=C\c3ccc(Br)cc3)c(=O)n2[C@H]1c1ccccc1. The van der Waals surface area contributed by atoms with Gasteiger partial charge in [-0.25, -0.2) is 9.79 Å². The third kappa shape index (κ3) is 4.57. The molecule has 1 aromatic heterocycles. The molecule has 5 rings (SSSR count). The van der Waals surface area contributed by atoms with Crippen LogP contribution in [0.25, 0.3) is 11.8 Å². The van der Waals surface area contributed by atoms with E-state index >= 15 is 0 Å². The Bertz CT molecular complexity index is 1590. The van der Waals surface area contributed by atoms with E-state index in [9.17, 15) is 9.59 Å². The second-order valence-electron chi connectivity index (χ2n) is 7.89. The normalized spacial score (nSPS) is 15.5. The first-order chi connectivity index (χ1) is 17.1. The van der Waals surface area contributed by atoms with Gasteiger partial charge in [0.1, 0.15) is 0 Å². The number of hydrogen-bond acceptors (Lipinski definition) is 5. The molecule has 0 fully saturated rings. The molecule has 0 spiro atoms. The van der Waals surface area contributed by atoms with Crippen molar-refractivity contribution in [3.05, 3.63) is 131 Å². The van der Waals surface area contributed by atoms with Crippen LogP contribution in [0.2, 0.25) is 0 Å². The Morgan fingerprint density at radius 1 is 1.03 bits per heavy atom. The van der Waals surface area contributed by atoms with Gasteiger partial charge in [0.15, 0.2) is 4.80 Å². The molecule has 0 saturated carbocycles. The average molecular weight is 545 g/mol. The number of fused-ring (bicyclic) bond motifs is 1. The van der Waals surface area contributed by atoms with Gasteiger partial charge in [-0.2, -0.15) is 0 Å². The quantitative estimate of drug-likeness (QED) is 0.342. The summed E-state index contributed by atoms with van der Waals surface area (Å²) in [7, 11) is 0. The first-order valence-electron chi connectivity index (χ1n) is 11.2. The van der Waals surface area contributed by atoms with Crippen LogP contribution in [0.5, 0.6) is 0 Å². The van der Waals surface area contributed by atoms with E-state index in [1.807, 2.05) is 91.0 Å². The lowest BCUT2D eigenvalue weighted by molar-refractivity contribution is -0.138. The van der Waals surface area contributed by atoms with E-state index in [1.54, 1.807) is 11.5 Å². The molecule has 0 aliphatic carbocycles. The second-order valence-corrected chi connectivity index (χ2v) is 9.82. The van der Waals surface area contributed by atoms with Crippen molar-refractivity contribution < 1.29 is 9.53 Å². The van der Waals surface area contributed by atoms with Gasteiger partial charge in [0.25, 0.3) is 5.56 Å². The Kier molecular flexibility index (Phi) is 6.61. The molecule has 0 radical (unpaired) electrons. The summed E-state index contributed by atoms with van der Waals surface area (Å²) in [6.45, 7) is 1.99.